The second-order valence-corrected chi connectivity index (χ2v) is 5.33. The molecule has 1 atom stereocenters. The quantitative estimate of drug-likeness (QED) is 0.778. The third-order valence-corrected chi connectivity index (χ3v) is 3.42. The van der Waals surface area contributed by atoms with Crippen LogP contribution in [-0.4, -0.2) is 6.54 Å². The molecule has 1 unspecified atom stereocenters. The van der Waals surface area contributed by atoms with Gasteiger partial charge in [0.1, 0.15) is 5.75 Å². The summed E-state index contributed by atoms with van der Waals surface area (Å²) in [6.45, 7) is 4.96. The van der Waals surface area contributed by atoms with Crippen molar-refractivity contribution in [3.8, 4) is 11.5 Å². The molecule has 2 rings (SSSR count). The molecule has 0 aliphatic carbocycles. The first-order valence-electron chi connectivity index (χ1n) is 7.07. The van der Waals surface area contributed by atoms with Crippen molar-refractivity contribution in [3.63, 3.8) is 0 Å². The number of ether oxygens (including phenoxy) is 1. The van der Waals surface area contributed by atoms with Crippen LogP contribution in [0.1, 0.15) is 31.9 Å². The molecule has 0 bridgehead atoms. The van der Waals surface area contributed by atoms with Crippen LogP contribution in [0.15, 0.2) is 42.5 Å². The lowest BCUT2D eigenvalue weighted by molar-refractivity contribution is 0.425. The molecule has 2 aromatic rings. The molecule has 0 amide bonds. The fraction of sp³-hybridized carbons (Fsp3) is 0.294. The van der Waals surface area contributed by atoms with E-state index in [4.69, 9.17) is 16.3 Å². The number of para-hydroxylation sites is 1. The summed E-state index contributed by atoms with van der Waals surface area (Å²) in [5, 5.41) is 3.90. The predicted octanol–water partition coefficient (Wildman–Crippen LogP) is 5.33. The summed E-state index contributed by atoms with van der Waals surface area (Å²) in [7, 11) is 0. The smallest absolute Gasteiger partial charge is 0.167 e. The summed E-state index contributed by atoms with van der Waals surface area (Å²) in [5.41, 5.74) is 0.795. The van der Waals surface area contributed by atoms with Crippen molar-refractivity contribution in [2.45, 2.75) is 26.3 Å². The van der Waals surface area contributed by atoms with Gasteiger partial charge < -0.3 is 10.1 Å². The van der Waals surface area contributed by atoms with Crippen LogP contribution in [0.25, 0.3) is 0 Å². The molecule has 112 valence electrons. The molecule has 0 fully saturated rings. The van der Waals surface area contributed by atoms with Crippen LogP contribution in [0.4, 0.5) is 4.39 Å². The van der Waals surface area contributed by atoms with Gasteiger partial charge in [-0.1, -0.05) is 36.7 Å². The normalized spacial score (nSPS) is 12.2. The maximum atomic E-state index is 14.1. The van der Waals surface area contributed by atoms with E-state index in [1.54, 1.807) is 30.3 Å². The van der Waals surface area contributed by atoms with Crippen molar-refractivity contribution in [2.75, 3.05) is 6.54 Å². The van der Waals surface area contributed by atoms with Gasteiger partial charge in [-0.05, 0) is 44.2 Å². The summed E-state index contributed by atoms with van der Waals surface area (Å²) < 4.78 is 19.9. The first-order chi connectivity index (χ1) is 10.1. The fourth-order valence-corrected chi connectivity index (χ4v) is 2.27. The summed E-state index contributed by atoms with van der Waals surface area (Å²) in [5.74, 6) is 0.394. The van der Waals surface area contributed by atoms with E-state index in [0.717, 1.165) is 18.5 Å². The second-order valence-electron chi connectivity index (χ2n) is 4.89. The van der Waals surface area contributed by atoms with E-state index in [1.165, 1.54) is 6.07 Å². The third-order valence-electron chi connectivity index (χ3n) is 3.18. The Kier molecular flexibility index (Phi) is 5.59. The van der Waals surface area contributed by atoms with E-state index >= 15 is 0 Å². The fourth-order valence-electron chi connectivity index (χ4n) is 2.09. The number of halogens is 2. The first kappa shape index (κ1) is 15.8. The molecule has 2 aromatic carbocycles. The van der Waals surface area contributed by atoms with Crippen LogP contribution in [0.3, 0.4) is 0 Å². The highest BCUT2D eigenvalue weighted by molar-refractivity contribution is 6.30. The van der Waals surface area contributed by atoms with Crippen molar-refractivity contribution in [3.05, 3.63) is 58.9 Å². The lowest BCUT2D eigenvalue weighted by Crippen LogP contribution is -2.20. The van der Waals surface area contributed by atoms with Crippen LogP contribution in [0, 0.1) is 5.82 Å². The van der Waals surface area contributed by atoms with E-state index in [1.807, 2.05) is 13.0 Å². The highest BCUT2D eigenvalue weighted by Crippen LogP contribution is 2.33. The minimum absolute atomic E-state index is 0.00911. The second kappa shape index (κ2) is 7.43. The zero-order chi connectivity index (χ0) is 15.2. The Balaban J connectivity index is 2.29. The van der Waals surface area contributed by atoms with Gasteiger partial charge in [0, 0.05) is 16.6 Å². The van der Waals surface area contributed by atoms with Gasteiger partial charge in [0.2, 0.25) is 0 Å². The van der Waals surface area contributed by atoms with Crippen molar-refractivity contribution >= 4 is 11.6 Å². The molecule has 0 spiro atoms. The standard InChI is InChI=1S/C17H19ClFNO/c1-3-10-20-12(2)15-8-5-9-16(19)17(15)21-14-7-4-6-13(18)11-14/h4-9,11-12,20H,3,10H2,1-2H3. The Bertz CT molecular complexity index is 603. The molecule has 0 aromatic heterocycles. The van der Waals surface area contributed by atoms with Gasteiger partial charge in [0.05, 0.1) is 0 Å². The van der Waals surface area contributed by atoms with Gasteiger partial charge >= 0.3 is 0 Å². The minimum Gasteiger partial charge on any atom is -0.454 e. The molecule has 4 heteroatoms. The van der Waals surface area contributed by atoms with E-state index in [2.05, 4.69) is 12.2 Å². The number of benzene rings is 2. The van der Waals surface area contributed by atoms with Crippen molar-refractivity contribution < 1.29 is 9.13 Å². The minimum atomic E-state index is -0.377. The van der Waals surface area contributed by atoms with Gasteiger partial charge in [-0.3, -0.25) is 0 Å². The average molecular weight is 308 g/mol. The maximum absolute atomic E-state index is 14.1. The van der Waals surface area contributed by atoms with Crippen molar-refractivity contribution in [2.24, 2.45) is 0 Å². The Morgan fingerprint density at radius 1 is 1.24 bits per heavy atom. The zero-order valence-electron chi connectivity index (χ0n) is 12.2. The van der Waals surface area contributed by atoms with E-state index in [0.29, 0.717) is 10.8 Å². The molecule has 0 heterocycles. The summed E-state index contributed by atoms with van der Waals surface area (Å²) >= 11 is 5.94. The van der Waals surface area contributed by atoms with Gasteiger partial charge in [0.15, 0.2) is 11.6 Å². The molecular weight excluding hydrogens is 289 g/mol. The molecule has 0 saturated heterocycles. The molecule has 0 saturated carbocycles. The third kappa shape index (κ3) is 4.19. The highest BCUT2D eigenvalue weighted by Gasteiger charge is 2.16. The molecule has 0 aliphatic heterocycles. The van der Waals surface area contributed by atoms with Crippen molar-refractivity contribution in [1.82, 2.24) is 5.32 Å². The monoisotopic (exact) mass is 307 g/mol. The summed E-state index contributed by atoms with van der Waals surface area (Å²) in [4.78, 5) is 0. The predicted molar refractivity (Wildman–Crippen MR) is 84.6 cm³/mol. The van der Waals surface area contributed by atoms with Gasteiger partial charge in [-0.2, -0.15) is 0 Å². The Labute approximate surface area is 129 Å². The van der Waals surface area contributed by atoms with Crippen LogP contribution in [0.2, 0.25) is 5.02 Å². The first-order valence-corrected chi connectivity index (χ1v) is 7.44. The van der Waals surface area contributed by atoms with Crippen LogP contribution in [0.5, 0.6) is 11.5 Å². The molecule has 2 nitrogen and oxygen atoms in total. The SMILES string of the molecule is CCCNC(C)c1cccc(F)c1Oc1cccc(Cl)c1. The number of hydrogen-bond donors (Lipinski definition) is 1. The maximum Gasteiger partial charge on any atom is 0.167 e. The van der Waals surface area contributed by atoms with Crippen molar-refractivity contribution in [1.29, 1.82) is 0 Å². The number of nitrogens with one attached hydrogen (secondary N) is 1. The molecule has 1 N–H and O–H groups in total. The molecule has 21 heavy (non-hydrogen) atoms. The molecule has 0 radical (unpaired) electrons. The van der Waals surface area contributed by atoms with Gasteiger partial charge in [0.25, 0.3) is 0 Å². The Hall–Kier alpha value is -1.58. The van der Waals surface area contributed by atoms with Crippen LogP contribution >= 0.6 is 11.6 Å². The zero-order valence-corrected chi connectivity index (χ0v) is 13.0. The van der Waals surface area contributed by atoms with E-state index in [9.17, 15) is 4.39 Å². The average Bonchev–Trinajstić information content (AvgIpc) is 2.47. The van der Waals surface area contributed by atoms with Crippen LogP contribution < -0.4 is 10.1 Å². The largest absolute Gasteiger partial charge is 0.454 e. The number of rotatable bonds is 6. The molecule has 0 aliphatic rings. The lowest BCUT2D eigenvalue weighted by atomic mass is 10.1. The highest BCUT2D eigenvalue weighted by atomic mass is 35.5. The lowest BCUT2D eigenvalue weighted by Gasteiger charge is -2.18. The topological polar surface area (TPSA) is 21.3 Å². The number of hydrogen-bond acceptors (Lipinski definition) is 2. The summed E-state index contributed by atoms with van der Waals surface area (Å²) in [6.07, 6.45) is 1.02. The summed E-state index contributed by atoms with van der Waals surface area (Å²) in [6, 6.07) is 11.9. The molecular formula is C17H19ClFNO. The van der Waals surface area contributed by atoms with Gasteiger partial charge in [-0.25, -0.2) is 4.39 Å². The van der Waals surface area contributed by atoms with E-state index in [-0.39, 0.29) is 17.6 Å². The van der Waals surface area contributed by atoms with E-state index < -0.39 is 0 Å². The Morgan fingerprint density at radius 3 is 2.71 bits per heavy atom. The Morgan fingerprint density at radius 2 is 2.00 bits per heavy atom. The van der Waals surface area contributed by atoms with Gasteiger partial charge in [-0.15, -0.1) is 0 Å². The van der Waals surface area contributed by atoms with Crippen LogP contribution in [-0.2, 0) is 0 Å².